The third kappa shape index (κ3) is 3.40. The van der Waals surface area contributed by atoms with Crippen LogP contribution in [0, 0.1) is 0 Å². The lowest BCUT2D eigenvalue weighted by Crippen LogP contribution is -2.47. The topological polar surface area (TPSA) is 58.6 Å². The minimum atomic E-state index is -0.363. The van der Waals surface area contributed by atoms with Gasteiger partial charge in [-0.1, -0.05) is 12.8 Å². The zero-order chi connectivity index (χ0) is 12.0. The Bertz CT molecular complexity index is 250. The zero-order valence-electron chi connectivity index (χ0n) is 9.99. The van der Waals surface area contributed by atoms with Gasteiger partial charge in [0.2, 0.25) is 0 Å². The molecular formula is C11H20N2O3. The number of hydrogen-bond acceptors (Lipinski definition) is 3. The molecule has 1 saturated carbocycles. The Balaban J connectivity index is 2.59. The van der Waals surface area contributed by atoms with Crippen molar-refractivity contribution in [3.63, 3.8) is 0 Å². The third-order valence-corrected chi connectivity index (χ3v) is 2.88. The number of nitrogens with one attached hydrogen (secondary N) is 1. The van der Waals surface area contributed by atoms with Crippen molar-refractivity contribution in [1.82, 2.24) is 10.2 Å². The van der Waals surface area contributed by atoms with Crippen LogP contribution in [0.15, 0.2) is 0 Å². The number of nitrogens with zero attached hydrogens (tertiary/aromatic N) is 1. The quantitative estimate of drug-likeness (QED) is 0.734. The van der Waals surface area contributed by atoms with Crippen LogP contribution in [-0.2, 0) is 9.53 Å². The van der Waals surface area contributed by atoms with Gasteiger partial charge in [-0.25, -0.2) is 4.79 Å². The van der Waals surface area contributed by atoms with Gasteiger partial charge >= 0.3 is 12.0 Å². The molecule has 16 heavy (non-hydrogen) atoms. The Morgan fingerprint density at radius 2 is 2.00 bits per heavy atom. The summed E-state index contributed by atoms with van der Waals surface area (Å²) in [5, 5.41) is 2.73. The highest BCUT2D eigenvalue weighted by Gasteiger charge is 2.28. The minimum Gasteiger partial charge on any atom is -0.468 e. The molecule has 1 aliphatic rings. The van der Waals surface area contributed by atoms with Crippen LogP contribution in [0.4, 0.5) is 4.79 Å². The number of esters is 1. The highest BCUT2D eigenvalue weighted by molar-refractivity contribution is 5.81. The monoisotopic (exact) mass is 228 g/mol. The van der Waals surface area contributed by atoms with Crippen molar-refractivity contribution in [2.75, 3.05) is 20.2 Å². The second-order valence-corrected chi connectivity index (χ2v) is 3.98. The first-order valence-corrected chi connectivity index (χ1v) is 5.80. The van der Waals surface area contributed by atoms with Gasteiger partial charge in [0.05, 0.1) is 7.11 Å². The van der Waals surface area contributed by atoms with Gasteiger partial charge in [0.25, 0.3) is 0 Å². The lowest BCUT2D eigenvalue weighted by Gasteiger charge is -2.27. The Hall–Kier alpha value is -1.26. The van der Waals surface area contributed by atoms with Gasteiger partial charge in [0.1, 0.15) is 6.54 Å². The molecular weight excluding hydrogens is 208 g/mol. The SMILES string of the molecule is CCNC(=O)N(CC(=O)OC)C1CCCC1. The summed E-state index contributed by atoms with van der Waals surface area (Å²) in [7, 11) is 1.34. The van der Waals surface area contributed by atoms with Crippen molar-refractivity contribution < 1.29 is 14.3 Å². The Kier molecular flexibility index (Phi) is 5.08. The number of hydrogen-bond donors (Lipinski definition) is 1. The largest absolute Gasteiger partial charge is 0.468 e. The van der Waals surface area contributed by atoms with E-state index in [0.717, 1.165) is 25.7 Å². The molecule has 92 valence electrons. The number of carbonyl (C=O) groups excluding carboxylic acids is 2. The first-order valence-electron chi connectivity index (χ1n) is 5.80. The molecule has 1 rings (SSSR count). The van der Waals surface area contributed by atoms with Crippen LogP contribution >= 0.6 is 0 Å². The van der Waals surface area contributed by atoms with Crippen LogP contribution in [0.1, 0.15) is 32.6 Å². The normalized spacial score (nSPS) is 15.9. The fourth-order valence-electron chi connectivity index (χ4n) is 2.04. The molecule has 0 radical (unpaired) electrons. The Morgan fingerprint density at radius 1 is 1.38 bits per heavy atom. The maximum Gasteiger partial charge on any atom is 0.325 e. The summed E-state index contributed by atoms with van der Waals surface area (Å²) in [5.74, 6) is -0.363. The molecule has 5 nitrogen and oxygen atoms in total. The predicted octanol–water partition coefficient (Wildman–Crippen LogP) is 1.13. The summed E-state index contributed by atoms with van der Waals surface area (Å²) in [6.07, 6.45) is 4.21. The standard InChI is InChI=1S/C11H20N2O3/c1-3-12-11(15)13(8-10(14)16-2)9-6-4-5-7-9/h9H,3-8H2,1-2H3,(H,12,15). The molecule has 1 N–H and O–H groups in total. The Labute approximate surface area is 96.1 Å². The second kappa shape index (κ2) is 6.35. The van der Waals surface area contributed by atoms with Gasteiger partial charge in [-0.05, 0) is 19.8 Å². The molecule has 1 fully saturated rings. The molecule has 5 heteroatoms. The summed E-state index contributed by atoms with van der Waals surface area (Å²) in [4.78, 5) is 24.6. The molecule has 0 atom stereocenters. The summed E-state index contributed by atoms with van der Waals surface area (Å²) < 4.78 is 4.61. The molecule has 0 spiro atoms. The van der Waals surface area contributed by atoms with E-state index in [1.54, 1.807) is 4.90 Å². The molecule has 1 aliphatic carbocycles. The number of methoxy groups -OCH3 is 1. The van der Waals surface area contributed by atoms with Gasteiger partial charge in [0.15, 0.2) is 0 Å². The maximum absolute atomic E-state index is 11.8. The molecule has 2 amide bonds. The average Bonchev–Trinajstić information content (AvgIpc) is 2.78. The van der Waals surface area contributed by atoms with Crippen LogP contribution in [0.2, 0.25) is 0 Å². The molecule has 0 saturated heterocycles. The molecule has 0 aromatic rings. The van der Waals surface area contributed by atoms with Crippen molar-refractivity contribution in [3.8, 4) is 0 Å². The van der Waals surface area contributed by atoms with E-state index in [4.69, 9.17) is 0 Å². The number of carbonyl (C=O) groups is 2. The summed E-state index contributed by atoms with van der Waals surface area (Å²) >= 11 is 0. The highest BCUT2D eigenvalue weighted by Crippen LogP contribution is 2.23. The molecule has 0 unspecified atom stereocenters. The van der Waals surface area contributed by atoms with Gasteiger partial charge in [-0.3, -0.25) is 4.79 Å². The molecule has 0 bridgehead atoms. The van der Waals surface area contributed by atoms with E-state index in [1.807, 2.05) is 6.92 Å². The van der Waals surface area contributed by atoms with Crippen molar-refractivity contribution in [1.29, 1.82) is 0 Å². The number of amides is 2. The van der Waals surface area contributed by atoms with Crippen LogP contribution in [-0.4, -0.2) is 43.1 Å². The number of urea groups is 1. The minimum absolute atomic E-state index is 0.0486. The van der Waals surface area contributed by atoms with Crippen molar-refractivity contribution in [2.24, 2.45) is 0 Å². The second-order valence-electron chi connectivity index (χ2n) is 3.98. The fourth-order valence-corrected chi connectivity index (χ4v) is 2.04. The van der Waals surface area contributed by atoms with Crippen LogP contribution < -0.4 is 5.32 Å². The molecule has 0 heterocycles. The molecule has 0 aliphatic heterocycles. The fraction of sp³-hybridized carbons (Fsp3) is 0.818. The van der Waals surface area contributed by atoms with E-state index in [2.05, 4.69) is 10.1 Å². The lowest BCUT2D eigenvalue weighted by molar-refractivity contribution is -0.141. The predicted molar refractivity (Wildman–Crippen MR) is 60.1 cm³/mol. The average molecular weight is 228 g/mol. The maximum atomic E-state index is 11.8. The van der Waals surface area contributed by atoms with Crippen LogP contribution in [0.25, 0.3) is 0 Å². The van der Waals surface area contributed by atoms with Gasteiger partial charge in [0, 0.05) is 12.6 Å². The van der Waals surface area contributed by atoms with Crippen LogP contribution in [0.3, 0.4) is 0 Å². The van der Waals surface area contributed by atoms with Gasteiger partial charge in [-0.2, -0.15) is 0 Å². The van der Waals surface area contributed by atoms with Gasteiger partial charge in [-0.15, -0.1) is 0 Å². The molecule has 0 aromatic carbocycles. The summed E-state index contributed by atoms with van der Waals surface area (Å²) in [6.45, 7) is 2.49. The van der Waals surface area contributed by atoms with Crippen molar-refractivity contribution in [3.05, 3.63) is 0 Å². The Morgan fingerprint density at radius 3 is 2.50 bits per heavy atom. The van der Waals surface area contributed by atoms with E-state index in [1.165, 1.54) is 7.11 Å². The first kappa shape index (κ1) is 12.8. The zero-order valence-corrected chi connectivity index (χ0v) is 9.99. The van der Waals surface area contributed by atoms with Crippen molar-refractivity contribution in [2.45, 2.75) is 38.6 Å². The summed E-state index contributed by atoms with van der Waals surface area (Å²) in [5.41, 5.74) is 0. The molecule has 0 aromatic heterocycles. The number of ether oxygens (including phenoxy) is 1. The number of rotatable bonds is 4. The van der Waals surface area contributed by atoms with E-state index in [-0.39, 0.29) is 24.6 Å². The van der Waals surface area contributed by atoms with E-state index in [0.29, 0.717) is 6.54 Å². The van der Waals surface area contributed by atoms with E-state index < -0.39 is 0 Å². The van der Waals surface area contributed by atoms with E-state index >= 15 is 0 Å². The smallest absolute Gasteiger partial charge is 0.325 e. The lowest BCUT2D eigenvalue weighted by atomic mass is 10.2. The van der Waals surface area contributed by atoms with Gasteiger partial charge < -0.3 is 15.0 Å². The summed E-state index contributed by atoms with van der Waals surface area (Å²) in [6, 6.07) is 0.0189. The van der Waals surface area contributed by atoms with Crippen LogP contribution in [0.5, 0.6) is 0 Å². The van der Waals surface area contributed by atoms with E-state index in [9.17, 15) is 9.59 Å². The highest BCUT2D eigenvalue weighted by atomic mass is 16.5. The first-order chi connectivity index (χ1) is 7.69. The third-order valence-electron chi connectivity index (χ3n) is 2.88. The van der Waals surface area contributed by atoms with Crippen molar-refractivity contribution >= 4 is 12.0 Å².